The van der Waals surface area contributed by atoms with Gasteiger partial charge in [0, 0.05) is 17.1 Å². The van der Waals surface area contributed by atoms with Crippen LogP contribution in [0.25, 0.3) is 33.4 Å². The summed E-state index contributed by atoms with van der Waals surface area (Å²) in [6.07, 6.45) is 0. The third kappa shape index (κ3) is 3.74. The SMILES string of the molecule is c1ccc(N(c2ccc(-c3ccc4c(c3)Sc3ccccc3O4)cc2)c2ccc3c(c2)-c2ccccc2-3)cc1. The van der Waals surface area contributed by atoms with Gasteiger partial charge in [-0.1, -0.05) is 90.6 Å². The Bertz CT molecular complexity index is 1860. The molecular formula is C36H23NOS. The van der Waals surface area contributed by atoms with Crippen molar-refractivity contribution in [2.24, 2.45) is 0 Å². The zero-order valence-electron chi connectivity index (χ0n) is 21.0. The third-order valence-electron chi connectivity index (χ3n) is 7.47. The fraction of sp³-hybridized carbons (Fsp3) is 0. The molecule has 6 aromatic rings. The van der Waals surface area contributed by atoms with Crippen LogP contribution >= 0.6 is 11.8 Å². The van der Waals surface area contributed by atoms with Crippen LogP contribution in [0.1, 0.15) is 0 Å². The van der Waals surface area contributed by atoms with Gasteiger partial charge in [-0.15, -0.1) is 0 Å². The summed E-state index contributed by atoms with van der Waals surface area (Å²) in [6, 6.07) is 49.5. The fourth-order valence-corrected chi connectivity index (χ4v) is 6.54. The molecule has 3 heteroatoms. The van der Waals surface area contributed by atoms with Crippen LogP contribution in [0.4, 0.5) is 17.1 Å². The average molecular weight is 518 g/mol. The van der Waals surface area contributed by atoms with Crippen molar-refractivity contribution in [3.63, 3.8) is 0 Å². The minimum absolute atomic E-state index is 0.914. The molecule has 8 rings (SSSR count). The molecule has 1 aliphatic carbocycles. The van der Waals surface area contributed by atoms with Crippen LogP contribution in [-0.4, -0.2) is 0 Å². The van der Waals surface area contributed by atoms with Crippen molar-refractivity contribution in [1.29, 1.82) is 0 Å². The van der Waals surface area contributed by atoms with E-state index in [1.165, 1.54) is 33.4 Å². The second kappa shape index (κ2) is 8.93. The van der Waals surface area contributed by atoms with Crippen LogP contribution in [0.15, 0.2) is 149 Å². The van der Waals surface area contributed by atoms with Crippen molar-refractivity contribution >= 4 is 28.8 Å². The summed E-state index contributed by atoms with van der Waals surface area (Å²) in [5, 5.41) is 0. The van der Waals surface area contributed by atoms with Gasteiger partial charge in [0.2, 0.25) is 0 Å². The number of fused-ring (bicyclic) bond motifs is 6. The number of hydrogen-bond acceptors (Lipinski definition) is 3. The van der Waals surface area contributed by atoms with Gasteiger partial charge in [-0.2, -0.15) is 0 Å². The lowest BCUT2D eigenvalue weighted by atomic mass is 9.80. The van der Waals surface area contributed by atoms with Crippen molar-refractivity contribution in [1.82, 2.24) is 0 Å². The normalized spacial score (nSPS) is 12.2. The fourth-order valence-electron chi connectivity index (χ4n) is 5.55. The minimum atomic E-state index is 0.914. The van der Waals surface area contributed by atoms with E-state index >= 15 is 0 Å². The average Bonchev–Trinajstić information content (AvgIpc) is 3.00. The van der Waals surface area contributed by atoms with E-state index in [0.717, 1.165) is 38.4 Å². The van der Waals surface area contributed by atoms with Gasteiger partial charge in [0.15, 0.2) is 0 Å². The lowest BCUT2D eigenvalue weighted by Gasteiger charge is -2.30. The van der Waals surface area contributed by atoms with E-state index in [9.17, 15) is 0 Å². The minimum Gasteiger partial charge on any atom is -0.455 e. The highest BCUT2D eigenvalue weighted by Gasteiger charge is 2.24. The zero-order valence-corrected chi connectivity index (χ0v) is 21.9. The molecule has 0 bridgehead atoms. The van der Waals surface area contributed by atoms with Gasteiger partial charge in [0.1, 0.15) is 11.5 Å². The van der Waals surface area contributed by atoms with Gasteiger partial charge in [0.05, 0.1) is 9.79 Å². The van der Waals surface area contributed by atoms with Crippen molar-refractivity contribution in [3.8, 4) is 44.9 Å². The topological polar surface area (TPSA) is 12.5 Å². The molecule has 6 aromatic carbocycles. The van der Waals surface area contributed by atoms with Crippen molar-refractivity contribution in [2.75, 3.05) is 4.90 Å². The quantitative estimate of drug-likeness (QED) is 0.230. The third-order valence-corrected chi connectivity index (χ3v) is 8.57. The highest BCUT2D eigenvalue weighted by molar-refractivity contribution is 7.99. The van der Waals surface area contributed by atoms with Gasteiger partial charge < -0.3 is 9.64 Å². The molecule has 0 fully saturated rings. The summed E-state index contributed by atoms with van der Waals surface area (Å²) in [4.78, 5) is 4.62. The molecule has 1 heterocycles. The van der Waals surface area contributed by atoms with Crippen molar-refractivity contribution in [3.05, 3.63) is 140 Å². The lowest BCUT2D eigenvalue weighted by molar-refractivity contribution is 0.454. The van der Waals surface area contributed by atoms with E-state index in [-0.39, 0.29) is 0 Å². The predicted octanol–water partition coefficient (Wildman–Crippen LogP) is 10.7. The Labute approximate surface area is 232 Å². The highest BCUT2D eigenvalue weighted by atomic mass is 32.2. The number of para-hydroxylation sites is 2. The Kier molecular flexibility index (Phi) is 5.10. The summed E-state index contributed by atoms with van der Waals surface area (Å²) in [5.74, 6) is 1.84. The van der Waals surface area contributed by atoms with Crippen LogP contribution in [0, 0.1) is 0 Å². The number of nitrogens with zero attached hydrogens (tertiary/aromatic N) is 1. The van der Waals surface area contributed by atoms with Gasteiger partial charge >= 0.3 is 0 Å². The first kappa shape index (κ1) is 22.3. The summed E-state index contributed by atoms with van der Waals surface area (Å²) in [5.41, 5.74) is 11.1. The predicted molar refractivity (Wildman–Crippen MR) is 162 cm³/mol. The maximum absolute atomic E-state index is 6.13. The molecule has 39 heavy (non-hydrogen) atoms. The number of ether oxygens (including phenoxy) is 1. The van der Waals surface area contributed by atoms with E-state index < -0.39 is 0 Å². The van der Waals surface area contributed by atoms with Crippen LogP contribution < -0.4 is 9.64 Å². The molecule has 0 aromatic heterocycles. The second-order valence-corrected chi connectivity index (χ2v) is 10.9. The van der Waals surface area contributed by atoms with Crippen LogP contribution in [-0.2, 0) is 0 Å². The van der Waals surface area contributed by atoms with Crippen LogP contribution in [0.2, 0.25) is 0 Å². The van der Waals surface area contributed by atoms with Crippen molar-refractivity contribution < 1.29 is 4.74 Å². The largest absolute Gasteiger partial charge is 0.455 e. The standard InChI is InChI=1S/C36H23NOS/c1-2-8-26(9-3-1)37(28-19-20-31-29-10-4-5-11-30(29)32(31)23-28)27-17-14-24(15-18-27)25-16-21-34-36(22-25)39-35-13-7-6-12-33(35)38-34/h1-23H. The number of anilines is 3. The molecule has 0 amide bonds. The number of hydrogen-bond donors (Lipinski definition) is 0. The zero-order chi connectivity index (χ0) is 25.8. The van der Waals surface area contributed by atoms with E-state index in [0.29, 0.717) is 0 Å². The maximum Gasteiger partial charge on any atom is 0.141 e. The molecule has 0 spiro atoms. The smallest absolute Gasteiger partial charge is 0.141 e. The molecule has 2 nitrogen and oxygen atoms in total. The van der Waals surface area contributed by atoms with E-state index in [2.05, 4.69) is 132 Å². The Balaban J connectivity index is 1.14. The Morgan fingerprint density at radius 2 is 1.03 bits per heavy atom. The van der Waals surface area contributed by atoms with E-state index in [1.54, 1.807) is 11.8 Å². The molecule has 0 saturated carbocycles. The molecule has 0 radical (unpaired) electrons. The molecular weight excluding hydrogens is 494 g/mol. The first-order chi connectivity index (χ1) is 19.3. The Morgan fingerprint density at radius 3 is 1.87 bits per heavy atom. The summed E-state index contributed by atoms with van der Waals surface area (Å²) >= 11 is 1.76. The molecule has 0 saturated heterocycles. The van der Waals surface area contributed by atoms with Gasteiger partial charge in [0.25, 0.3) is 0 Å². The molecule has 184 valence electrons. The first-order valence-corrected chi connectivity index (χ1v) is 13.9. The molecule has 1 aliphatic heterocycles. The maximum atomic E-state index is 6.13. The van der Waals surface area contributed by atoms with Gasteiger partial charge in [-0.25, -0.2) is 0 Å². The van der Waals surface area contributed by atoms with Crippen LogP contribution in [0.3, 0.4) is 0 Å². The highest BCUT2D eigenvalue weighted by Crippen LogP contribution is 2.50. The Hall–Kier alpha value is -4.73. The van der Waals surface area contributed by atoms with Crippen LogP contribution in [0.5, 0.6) is 11.5 Å². The van der Waals surface area contributed by atoms with E-state index in [1.807, 2.05) is 12.1 Å². The molecule has 0 N–H and O–H groups in total. The number of benzene rings is 6. The summed E-state index contributed by atoms with van der Waals surface area (Å²) in [6.45, 7) is 0. The molecule has 2 aliphatic rings. The van der Waals surface area contributed by atoms with Gasteiger partial charge in [-0.3, -0.25) is 0 Å². The number of rotatable bonds is 4. The lowest BCUT2D eigenvalue weighted by Crippen LogP contribution is -2.11. The monoisotopic (exact) mass is 517 g/mol. The summed E-state index contributed by atoms with van der Waals surface area (Å²) in [7, 11) is 0. The first-order valence-electron chi connectivity index (χ1n) is 13.1. The molecule has 0 atom stereocenters. The van der Waals surface area contributed by atoms with Gasteiger partial charge in [-0.05, 0) is 94.0 Å². The molecule has 0 unspecified atom stereocenters. The second-order valence-electron chi connectivity index (χ2n) is 9.81. The van der Waals surface area contributed by atoms with Crippen molar-refractivity contribution in [2.45, 2.75) is 9.79 Å². The Morgan fingerprint density at radius 1 is 0.410 bits per heavy atom. The van der Waals surface area contributed by atoms with E-state index in [4.69, 9.17) is 4.74 Å². The summed E-state index contributed by atoms with van der Waals surface area (Å²) < 4.78 is 6.13.